The predicted octanol–water partition coefficient (Wildman–Crippen LogP) is 3.49. The summed E-state index contributed by atoms with van der Waals surface area (Å²) in [5.74, 6) is 0.715. The zero-order chi connectivity index (χ0) is 16.7. The number of hydrogen-bond donors (Lipinski definition) is 2. The maximum Gasteiger partial charge on any atom is 0.226 e. The van der Waals surface area contributed by atoms with Crippen LogP contribution in [0, 0.1) is 0 Å². The minimum atomic E-state index is -0.0254. The van der Waals surface area contributed by atoms with E-state index in [4.69, 9.17) is 16.3 Å². The highest BCUT2D eigenvalue weighted by Crippen LogP contribution is 2.18. The second kappa shape index (κ2) is 12.3. The Bertz CT molecular complexity index is 638. The molecule has 1 unspecified atom stereocenters. The fourth-order valence-electron chi connectivity index (χ4n) is 1.77. The molecule has 0 aliphatic rings. The van der Waals surface area contributed by atoms with Gasteiger partial charge in [0.15, 0.2) is 0 Å². The molecule has 1 atom stereocenters. The highest BCUT2D eigenvalue weighted by molar-refractivity contribution is 7.09. The lowest BCUT2D eigenvalue weighted by atomic mass is 10.3. The van der Waals surface area contributed by atoms with Crippen molar-refractivity contribution in [2.75, 3.05) is 13.6 Å². The lowest BCUT2D eigenvalue weighted by molar-refractivity contribution is -0.120. The Morgan fingerprint density at radius 2 is 2.00 bits per heavy atom. The standard InChI is InChI=1S/C16H20ClN3O2S.2ClH/c1-11(18-2)8-19-15(21)7-13-10-23-16(20-13)9-22-14-5-3-12(17)4-6-14;;/h3-6,10-11,18H,7-9H2,1-2H3,(H,19,21);2*1H. The summed E-state index contributed by atoms with van der Waals surface area (Å²) >= 11 is 7.32. The van der Waals surface area contributed by atoms with Crippen molar-refractivity contribution in [1.82, 2.24) is 15.6 Å². The zero-order valence-electron chi connectivity index (χ0n) is 14.0. The molecule has 1 amide bonds. The van der Waals surface area contributed by atoms with Crippen LogP contribution in [-0.4, -0.2) is 30.5 Å². The molecule has 1 aromatic heterocycles. The van der Waals surface area contributed by atoms with Crippen LogP contribution in [0.4, 0.5) is 0 Å². The van der Waals surface area contributed by atoms with E-state index < -0.39 is 0 Å². The first-order valence-corrected chi connectivity index (χ1v) is 8.58. The molecule has 140 valence electrons. The first kappa shape index (κ1) is 23.9. The molecule has 9 heteroatoms. The normalized spacial score (nSPS) is 11.0. The van der Waals surface area contributed by atoms with Crippen molar-refractivity contribution in [3.05, 3.63) is 45.4 Å². The number of ether oxygens (including phenoxy) is 1. The van der Waals surface area contributed by atoms with Gasteiger partial charge in [0.05, 0.1) is 12.1 Å². The number of rotatable bonds is 8. The maximum absolute atomic E-state index is 11.8. The Morgan fingerprint density at radius 3 is 2.64 bits per heavy atom. The number of carbonyl (C=O) groups is 1. The van der Waals surface area contributed by atoms with E-state index in [1.807, 2.05) is 31.5 Å². The van der Waals surface area contributed by atoms with Crippen molar-refractivity contribution in [3.63, 3.8) is 0 Å². The smallest absolute Gasteiger partial charge is 0.226 e. The van der Waals surface area contributed by atoms with Gasteiger partial charge in [-0.2, -0.15) is 0 Å². The second-order valence-electron chi connectivity index (χ2n) is 5.15. The lowest BCUT2D eigenvalue weighted by Gasteiger charge is -2.10. The molecule has 0 fully saturated rings. The van der Waals surface area contributed by atoms with Gasteiger partial charge in [-0.15, -0.1) is 36.2 Å². The van der Waals surface area contributed by atoms with E-state index in [-0.39, 0.29) is 43.2 Å². The summed E-state index contributed by atoms with van der Waals surface area (Å²) in [6, 6.07) is 7.43. The molecule has 2 rings (SSSR count). The van der Waals surface area contributed by atoms with E-state index in [0.717, 1.165) is 16.5 Å². The summed E-state index contributed by atoms with van der Waals surface area (Å²) in [4.78, 5) is 16.3. The maximum atomic E-state index is 11.8. The first-order valence-electron chi connectivity index (χ1n) is 7.32. The minimum absolute atomic E-state index is 0. The lowest BCUT2D eigenvalue weighted by Crippen LogP contribution is -2.37. The van der Waals surface area contributed by atoms with Crippen LogP contribution in [0.1, 0.15) is 17.6 Å². The van der Waals surface area contributed by atoms with Crippen LogP contribution >= 0.6 is 47.8 Å². The number of aromatic nitrogens is 1. The molecule has 25 heavy (non-hydrogen) atoms. The van der Waals surface area contributed by atoms with Gasteiger partial charge >= 0.3 is 0 Å². The number of hydrogen-bond acceptors (Lipinski definition) is 5. The molecule has 1 aromatic carbocycles. The molecule has 1 heterocycles. The number of carbonyl (C=O) groups excluding carboxylic acids is 1. The number of likely N-dealkylation sites (N-methyl/N-ethyl adjacent to an activating group) is 1. The summed E-state index contributed by atoms with van der Waals surface area (Å²) in [6.45, 7) is 2.99. The van der Waals surface area contributed by atoms with Crippen LogP contribution in [0.5, 0.6) is 5.75 Å². The van der Waals surface area contributed by atoms with Gasteiger partial charge in [-0.25, -0.2) is 4.98 Å². The van der Waals surface area contributed by atoms with Crippen molar-refractivity contribution in [2.45, 2.75) is 26.0 Å². The van der Waals surface area contributed by atoms with Gasteiger partial charge in [-0.3, -0.25) is 4.79 Å². The van der Waals surface area contributed by atoms with Gasteiger partial charge in [0, 0.05) is 23.0 Å². The molecule has 0 saturated heterocycles. The van der Waals surface area contributed by atoms with E-state index in [0.29, 0.717) is 18.2 Å². The summed E-state index contributed by atoms with van der Waals surface area (Å²) in [7, 11) is 1.87. The highest BCUT2D eigenvalue weighted by atomic mass is 35.5. The number of halogens is 3. The highest BCUT2D eigenvalue weighted by Gasteiger charge is 2.09. The number of thiazole rings is 1. The van der Waals surface area contributed by atoms with Gasteiger partial charge in [-0.1, -0.05) is 11.6 Å². The Hall–Kier alpha value is -1.05. The molecular weight excluding hydrogens is 405 g/mol. The van der Waals surface area contributed by atoms with Crippen LogP contribution in [0.15, 0.2) is 29.6 Å². The van der Waals surface area contributed by atoms with Gasteiger partial charge in [0.25, 0.3) is 0 Å². The summed E-state index contributed by atoms with van der Waals surface area (Å²) in [5, 5.41) is 9.35. The Kier molecular flexibility index (Phi) is 11.8. The molecule has 5 nitrogen and oxygen atoms in total. The third-order valence-electron chi connectivity index (χ3n) is 3.22. The monoisotopic (exact) mass is 425 g/mol. The van der Waals surface area contributed by atoms with E-state index in [1.165, 1.54) is 11.3 Å². The largest absolute Gasteiger partial charge is 0.486 e. The molecular formula is C16H22Cl3N3O2S. The van der Waals surface area contributed by atoms with E-state index >= 15 is 0 Å². The van der Waals surface area contributed by atoms with Gasteiger partial charge in [-0.05, 0) is 38.2 Å². The fourth-order valence-corrected chi connectivity index (χ4v) is 2.60. The quantitative estimate of drug-likeness (QED) is 0.678. The van der Waals surface area contributed by atoms with Crippen LogP contribution < -0.4 is 15.4 Å². The Morgan fingerprint density at radius 1 is 1.32 bits per heavy atom. The average Bonchev–Trinajstić information content (AvgIpc) is 2.99. The van der Waals surface area contributed by atoms with Gasteiger partial charge < -0.3 is 15.4 Å². The van der Waals surface area contributed by atoms with Crippen LogP contribution in [-0.2, 0) is 17.8 Å². The molecule has 0 bridgehead atoms. The van der Waals surface area contributed by atoms with E-state index in [9.17, 15) is 4.79 Å². The molecule has 0 aliphatic carbocycles. The average molecular weight is 427 g/mol. The van der Waals surface area contributed by atoms with Crippen molar-refractivity contribution in [1.29, 1.82) is 0 Å². The van der Waals surface area contributed by atoms with Crippen molar-refractivity contribution in [3.8, 4) is 5.75 Å². The third kappa shape index (κ3) is 8.74. The summed E-state index contributed by atoms with van der Waals surface area (Å²) < 4.78 is 5.64. The predicted molar refractivity (Wildman–Crippen MR) is 108 cm³/mol. The van der Waals surface area contributed by atoms with E-state index in [1.54, 1.807) is 12.1 Å². The number of benzene rings is 1. The third-order valence-corrected chi connectivity index (χ3v) is 4.34. The Balaban J connectivity index is 0.00000288. The summed E-state index contributed by atoms with van der Waals surface area (Å²) in [6.07, 6.45) is 0.286. The van der Waals surface area contributed by atoms with Crippen molar-refractivity contribution >= 4 is 53.7 Å². The van der Waals surface area contributed by atoms with Crippen LogP contribution in [0.2, 0.25) is 5.02 Å². The van der Waals surface area contributed by atoms with Crippen molar-refractivity contribution < 1.29 is 9.53 Å². The van der Waals surface area contributed by atoms with E-state index in [2.05, 4.69) is 15.6 Å². The van der Waals surface area contributed by atoms with Gasteiger partial charge in [0.1, 0.15) is 17.4 Å². The molecule has 0 radical (unpaired) electrons. The Labute approximate surface area is 169 Å². The molecule has 0 aliphatic heterocycles. The van der Waals surface area contributed by atoms with Crippen LogP contribution in [0.3, 0.4) is 0 Å². The first-order chi connectivity index (χ1) is 11.1. The molecule has 2 aromatic rings. The zero-order valence-corrected chi connectivity index (χ0v) is 17.2. The number of nitrogens with one attached hydrogen (secondary N) is 2. The fraction of sp³-hybridized carbons (Fsp3) is 0.375. The van der Waals surface area contributed by atoms with Crippen molar-refractivity contribution in [2.24, 2.45) is 0 Å². The molecule has 0 saturated carbocycles. The molecule has 0 spiro atoms. The van der Waals surface area contributed by atoms with Crippen LogP contribution in [0.25, 0.3) is 0 Å². The summed E-state index contributed by atoms with van der Waals surface area (Å²) in [5.41, 5.74) is 0.763. The number of amides is 1. The minimum Gasteiger partial charge on any atom is -0.486 e. The SMILES string of the molecule is CNC(C)CNC(=O)Cc1csc(COc2ccc(Cl)cc2)n1.Cl.Cl. The second-order valence-corrected chi connectivity index (χ2v) is 6.52. The van der Waals surface area contributed by atoms with Gasteiger partial charge in [0.2, 0.25) is 5.91 Å². The topological polar surface area (TPSA) is 63.2 Å². The number of nitrogens with zero attached hydrogens (tertiary/aromatic N) is 1. The molecule has 2 N–H and O–H groups in total.